The van der Waals surface area contributed by atoms with Crippen LogP contribution < -0.4 is 11.1 Å². The van der Waals surface area contributed by atoms with Crippen molar-refractivity contribution in [2.45, 2.75) is 26.8 Å². The molecule has 0 saturated heterocycles. The number of halogens is 1. The molecule has 0 amide bonds. The van der Waals surface area contributed by atoms with Crippen LogP contribution in [0, 0.1) is 12.7 Å². The summed E-state index contributed by atoms with van der Waals surface area (Å²) in [5, 5.41) is 3.11. The molecule has 0 fully saturated rings. The van der Waals surface area contributed by atoms with Crippen LogP contribution in [0.4, 0.5) is 16.0 Å². The number of aryl methyl sites for hydroxylation is 1. The minimum atomic E-state index is -0.231. The summed E-state index contributed by atoms with van der Waals surface area (Å²) in [6.07, 6.45) is 0.707. The summed E-state index contributed by atoms with van der Waals surface area (Å²) in [4.78, 5) is 8.55. The molecule has 0 aliphatic heterocycles. The second-order valence-corrected chi connectivity index (χ2v) is 4.30. The first-order chi connectivity index (χ1) is 9.11. The SMILES string of the molecule is CCc1nc(N)c(C)c(NCc2ccccc2F)n1. The van der Waals surface area contributed by atoms with Gasteiger partial charge in [-0.3, -0.25) is 0 Å². The number of hydrogen-bond acceptors (Lipinski definition) is 4. The van der Waals surface area contributed by atoms with Crippen molar-refractivity contribution in [3.8, 4) is 0 Å². The van der Waals surface area contributed by atoms with Crippen LogP contribution in [0.5, 0.6) is 0 Å². The van der Waals surface area contributed by atoms with Crippen LogP contribution in [0.15, 0.2) is 24.3 Å². The Labute approximate surface area is 111 Å². The van der Waals surface area contributed by atoms with Gasteiger partial charge in [-0.2, -0.15) is 0 Å². The van der Waals surface area contributed by atoms with Crippen LogP contribution in [0.25, 0.3) is 0 Å². The molecular weight excluding hydrogens is 243 g/mol. The van der Waals surface area contributed by atoms with Gasteiger partial charge in [0.1, 0.15) is 23.3 Å². The lowest BCUT2D eigenvalue weighted by molar-refractivity contribution is 0.613. The highest BCUT2D eigenvalue weighted by Gasteiger charge is 2.08. The predicted octanol–water partition coefficient (Wildman–Crippen LogP) is 2.68. The van der Waals surface area contributed by atoms with Gasteiger partial charge in [0.05, 0.1) is 0 Å². The van der Waals surface area contributed by atoms with Crippen molar-refractivity contribution in [3.05, 3.63) is 47.0 Å². The maximum absolute atomic E-state index is 13.5. The van der Waals surface area contributed by atoms with Gasteiger partial charge in [0, 0.05) is 24.1 Å². The number of anilines is 2. The third-order valence-corrected chi connectivity index (χ3v) is 2.95. The van der Waals surface area contributed by atoms with E-state index in [-0.39, 0.29) is 5.82 Å². The zero-order valence-corrected chi connectivity index (χ0v) is 11.1. The molecule has 2 aromatic rings. The third kappa shape index (κ3) is 2.99. The van der Waals surface area contributed by atoms with E-state index in [1.807, 2.05) is 13.8 Å². The summed E-state index contributed by atoms with van der Waals surface area (Å²) in [6.45, 7) is 4.18. The minimum absolute atomic E-state index is 0.231. The molecule has 100 valence electrons. The van der Waals surface area contributed by atoms with Crippen LogP contribution in [-0.2, 0) is 13.0 Å². The average Bonchev–Trinajstić information content (AvgIpc) is 2.42. The number of nitrogen functional groups attached to an aromatic ring is 1. The van der Waals surface area contributed by atoms with Crippen molar-refractivity contribution >= 4 is 11.6 Å². The molecule has 0 aliphatic carbocycles. The Morgan fingerprint density at radius 3 is 2.68 bits per heavy atom. The molecule has 0 saturated carbocycles. The molecule has 0 bridgehead atoms. The Morgan fingerprint density at radius 1 is 1.26 bits per heavy atom. The Balaban J connectivity index is 2.20. The first kappa shape index (κ1) is 13.3. The first-order valence-corrected chi connectivity index (χ1v) is 6.22. The van der Waals surface area contributed by atoms with Crippen LogP contribution in [0.2, 0.25) is 0 Å². The van der Waals surface area contributed by atoms with Gasteiger partial charge in [-0.25, -0.2) is 14.4 Å². The smallest absolute Gasteiger partial charge is 0.135 e. The van der Waals surface area contributed by atoms with Gasteiger partial charge in [-0.15, -0.1) is 0 Å². The van der Waals surface area contributed by atoms with Gasteiger partial charge in [-0.1, -0.05) is 25.1 Å². The molecule has 1 aromatic carbocycles. The van der Waals surface area contributed by atoms with Crippen LogP contribution in [0.1, 0.15) is 23.9 Å². The third-order valence-electron chi connectivity index (χ3n) is 2.95. The van der Waals surface area contributed by atoms with Gasteiger partial charge < -0.3 is 11.1 Å². The maximum atomic E-state index is 13.5. The van der Waals surface area contributed by atoms with Gasteiger partial charge in [0.25, 0.3) is 0 Å². The topological polar surface area (TPSA) is 63.8 Å². The van der Waals surface area contributed by atoms with E-state index in [9.17, 15) is 4.39 Å². The predicted molar refractivity (Wildman–Crippen MR) is 74.3 cm³/mol. The van der Waals surface area contributed by atoms with Gasteiger partial charge in [0.15, 0.2) is 0 Å². The number of rotatable bonds is 4. The van der Waals surface area contributed by atoms with Gasteiger partial charge in [0.2, 0.25) is 0 Å². The normalized spacial score (nSPS) is 10.5. The van der Waals surface area contributed by atoms with Crippen molar-refractivity contribution in [3.63, 3.8) is 0 Å². The lowest BCUT2D eigenvalue weighted by atomic mass is 10.2. The van der Waals surface area contributed by atoms with Crippen molar-refractivity contribution in [2.75, 3.05) is 11.1 Å². The molecule has 0 atom stereocenters. The summed E-state index contributed by atoms with van der Waals surface area (Å²) < 4.78 is 13.5. The molecule has 3 N–H and O–H groups in total. The number of nitrogens with zero attached hydrogens (tertiary/aromatic N) is 2. The van der Waals surface area contributed by atoms with E-state index in [0.29, 0.717) is 36.0 Å². The largest absolute Gasteiger partial charge is 0.383 e. The van der Waals surface area contributed by atoms with E-state index in [0.717, 1.165) is 5.56 Å². The number of nitrogens with two attached hydrogens (primary N) is 1. The summed E-state index contributed by atoms with van der Waals surface area (Å²) in [5.74, 6) is 1.57. The zero-order chi connectivity index (χ0) is 13.8. The van der Waals surface area contributed by atoms with Crippen molar-refractivity contribution in [1.29, 1.82) is 0 Å². The van der Waals surface area contributed by atoms with E-state index < -0.39 is 0 Å². The van der Waals surface area contributed by atoms with Crippen LogP contribution in [-0.4, -0.2) is 9.97 Å². The Kier molecular flexibility index (Phi) is 3.94. The molecule has 5 heteroatoms. The Morgan fingerprint density at radius 2 is 2.00 bits per heavy atom. The monoisotopic (exact) mass is 260 g/mol. The molecule has 1 heterocycles. The summed E-state index contributed by atoms with van der Waals surface area (Å²) >= 11 is 0. The number of aromatic nitrogens is 2. The molecule has 0 aliphatic rings. The molecular formula is C14H17FN4. The fourth-order valence-electron chi connectivity index (χ4n) is 1.73. The van der Waals surface area contributed by atoms with E-state index in [1.165, 1.54) is 6.07 Å². The van der Waals surface area contributed by atoms with E-state index in [2.05, 4.69) is 15.3 Å². The molecule has 0 unspecified atom stereocenters. The quantitative estimate of drug-likeness (QED) is 0.887. The van der Waals surface area contributed by atoms with Crippen molar-refractivity contribution < 1.29 is 4.39 Å². The second kappa shape index (κ2) is 5.65. The molecule has 0 spiro atoms. The molecule has 19 heavy (non-hydrogen) atoms. The summed E-state index contributed by atoms with van der Waals surface area (Å²) in [6, 6.07) is 6.65. The lowest BCUT2D eigenvalue weighted by Gasteiger charge is -2.12. The fourth-order valence-corrected chi connectivity index (χ4v) is 1.73. The lowest BCUT2D eigenvalue weighted by Crippen LogP contribution is -2.10. The number of nitrogens with one attached hydrogen (secondary N) is 1. The van der Waals surface area contributed by atoms with Crippen molar-refractivity contribution in [1.82, 2.24) is 9.97 Å². The van der Waals surface area contributed by atoms with E-state index in [1.54, 1.807) is 18.2 Å². The van der Waals surface area contributed by atoms with E-state index in [4.69, 9.17) is 5.73 Å². The highest BCUT2D eigenvalue weighted by atomic mass is 19.1. The molecule has 1 aromatic heterocycles. The Bertz CT molecular complexity index is 584. The van der Waals surface area contributed by atoms with Crippen LogP contribution >= 0.6 is 0 Å². The van der Waals surface area contributed by atoms with Gasteiger partial charge in [-0.05, 0) is 13.0 Å². The summed E-state index contributed by atoms with van der Waals surface area (Å²) in [7, 11) is 0. The van der Waals surface area contributed by atoms with Crippen LogP contribution in [0.3, 0.4) is 0 Å². The standard InChI is InChI=1S/C14H17FN4/c1-3-12-18-13(16)9(2)14(19-12)17-8-10-6-4-5-7-11(10)15/h4-7H,3,8H2,1-2H3,(H3,16,17,18,19). The minimum Gasteiger partial charge on any atom is -0.383 e. The second-order valence-electron chi connectivity index (χ2n) is 4.30. The first-order valence-electron chi connectivity index (χ1n) is 6.22. The fraction of sp³-hybridized carbons (Fsp3) is 0.286. The average molecular weight is 260 g/mol. The Hall–Kier alpha value is -2.17. The number of hydrogen-bond donors (Lipinski definition) is 2. The highest BCUT2D eigenvalue weighted by molar-refractivity contribution is 5.55. The zero-order valence-electron chi connectivity index (χ0n) is 11.1. The molecule has 2 rings (SSSR count). The number of benzene rings is 1. The molecule has 4 nitrogen and oxygen atoms in total. The highest BCUT2D eigenvalue weighted by Crippen LogP contribution is 2.18. The molecule has 0 radical (unpaired) electrons. The maximum Gasteiger partial charge on any atom is 0.135 e. The van der Waals surface area contributed by atoms with Crippen molar-refractivity contribution in [2.24, 2.45) is 0 Å². The van der Waals surface area contributed by atoms with Gasteiger partial charge >= 0.3 is 0 Å². The summed E-state index contributed by atoms with van der Waals surface area (Å²) in [5.41, 5.74) is 7.21. The van der Waals surface area contributed by atoms with E-state index >= 15 is 0 Å².